The maximum absolute atomic E-state index is 4.45. The van der Waals surface area contributed by atoms with Crippen LogP contribution in [0.15, 0.2) is 24.3 Å². The predicted octanol–water partition coefficient (Wildman–Crippen LogP) is 3.33. The summed E-state index contributed by atoms with van der Waals surface area (Å²) in [7, 11) is 0. The van der Waals surface area contributed by atoms with Gasteiger partial charge in [0.1, 0.15) is 11.6 Å². The van der Waals surface area contributed by atoms with Gasteiger partial charge in [-0.05, 0) is 50.9 Å². The van der Waals surface area contributed by atoms with Crippen LogP contribution < -0.4 is 5.32 Å². The third-order valence-electron chi connectivity index (χ3n) is 3.44. The van der Waals surface area contributed by atoms with E-state index in [0.717, 1.165) is 36.7 Å². The fourth-order valence-electron chi connectivity index (χ4n) is 2.46. The molecule has 0 spiro atoms. The van der Waals surface area contributed by atoms with Crippen molar-refractivity contribution in [1.82, 2.24) is 20.1 Å². The first-order chi connectivity index (χ1) is 9.65. The van der Waals surface area contributed by atoms with Gasteiger partial charge in [-0.15, -0.1) is 0 Å². The summed E-state index contributed by atoms with van der Waals surface area (Å²) in [5.41, 5.74) is 2.39. The Bertz CT molecular complexity index is 559. The summed E-state index contributed by atoms with van der Waals surface area (Å²) < 4.78 is 1.91. The second kappa shape index (κ2) is 6.66. The maximum Gasteiger partial charge on any atom is 0.148 e. The van der Waals surface area contributed by atoms with Crippen LogP contribution in [-0.2, 0) is 0 Å². The van der Waals surface area contributed by atoms with E-state index in [2.05, 4.69) is 53.5 Å². The summed E-state index contributed by atoms with van der Waals surface area (Å²) in [6.45, 7) is 9.36. The van der Waals surface area contributed by atoms with E-state index in [0.29, 0.717) is 6.04 Å². The predicted molar refractivity (Wildman–Crippen MR) is 82.2 cm³/mol. The first-order valence-corrected chi connectivity index (χ1v) is 7.39. The highest BCUT2D eigenvalue weighted by atomic mass is 15.3. The number of hydrogen-bond acceptors (Lipinski definition) is 3. The van der Waals surface area contributed by atoms with Crippen molar-refractivity contribution in [2.75, 3.05) is 6.54 Å². The summed E-state index contributed by atoms with van der Waals surface area (Å²) in [5, 5.41) is 8.04. The molecule has 0 aliphatic rings. The smallest absolute Gasteiger partial charge is 0.148 e. The molecule has 0 bridgehead atoms. The second-order valence-electron chi connectivity index (χ2n) is 5.13. The number of rotatable bonds is 6. The molecular formula is C16H24N4. The van der Waals surface area contributed by atoms with Crippen LogP contribution in [0.5, 0.6) is 0 Å². The second-order valence-corrected chi connectivity index (χ2v) is 5.13. The molecule has 20 heavy (non-hydrogen) atoms. The Labute approximate surface area is 121 Å². The molecular weight excluding hydrogens is 248 g/mol. The standard InChI is InChI=1S/C16H24N4/c1-5-10-17-16(6-2)14-8-7-9-15(11-14)20-13(4)18-12(3)19-20/h7-9,11,16-17H,5-6,10H2,1-4H3. The highest BCUT2D eigenvalue weighted by Gasteiger charge is 2.11. The molecule has 108 valence electrons. The molecule has 4 heteroatoms. The van der Waals surface area contributed by atoms with Crippen molar-refractivity contribution in [3.63, 3.8) is 0 Å². The first kappa shape index (κ1) is 14.7. The minimum atomic E-state index is 0.403. The van der Waals surface area contributed by atoms with Crippen molar-refractivity contribution in [3.8, 4) is 5.69 Å². The molecule has 0 aliphatic carbocycles. The average molecular weight is 272 g/mol. The lowest BCUT2D eigenvalue weighted by Gasteiger charge is -2.18. The Balaban J connectivity index is 2.29. The van der Waals surface area contributed by atoms with Gasteiger partial charge in [0.25, 0.3) is 0 Å². The monoisotopic (exact) mass is 272 g/mol. The van der Waals surface area contributed by atoms with Crippen molar-refractivity contribution in [2.24, 2.45) is 0 Å². The summed E-state index contributed by atoms with van der Waals surface area (Å²) in [4.78, 5) is 4.37. The van der Waals surface area contributed by atoms with Gasteiger partial charge in [-0.25, -0.2) is 9.67 Å². The van der Waals surface area contributed by atoms with Crippen LogP contribution in [-0.4, -0.2) is 21.3 Å². The third-order valence-corrected chi connectivity index (χ3v) is 3.44. The van der Waals surface area contributed by atoms with Crippen molar-refractivity contribution in [3.05, 3.63) is 41.5 Å². The van der Waals surface area contributed by atoms with Gasteiger partial charge in [0.05, 0.1) is 5.69 Å². The van der Waals surface area contributed by atoms with Gasteiger partial charge in [0, 0.05) is 6.04 Å². The van der Waals surface area contributed by atoms with Gasteiger partial charge in [-0.2, -0.15) is 5.10 Å². The lowest BCUT2D eigenvalue weighted by Crippen LogP contribution is -2.21. The highest BCUT2D eigenvalue weighted by Crippen LogP contribution is 2.20. The Morgan fingerprint density at radius 2 is 2.05 bits per heavy atom. The molecule has 0 aliphatic heterocycles. The Kier molecular flexibility index (Phi) is 4.90. The number of nitrogens with one attached hydrogen (secondary N) is 1. The van der Waals surface area contributed by atoms with Crippen LogP contribution in [0.1, 0.15) is 49.9 Å². The molecule has 0 amide bonds. The molecule has 1 aromatic heterocycles. The minimum absolute atomic E-state index is 0.403. The van der Waals surface area contributed by atoms with Crippen molar-refractivity contribution in [2.45, 2.75) is 46.6 Å². The van der Waals surface area contributed by atoms with Crippen molar-refractivity contribution >= 4 is 0 Å². The fraction of sp³-hybridized carbons (Fsp3) is 0.500. The van der Waals surface area contributed by atoms with Crippen molar-refractivity contribution < 1.29 is 0 Å². The summed E-state index contributed by atoms with van der Waals surface area (Å²) in [6.07, 6.45) is 2.23. The summed E-state index contributed by atoms with van der Waals surface area (Å²) >= 11 is 0. The quantitative estimate of drug-likeness (QED) is 0.877. The van der Waals surface area contributed by atoms with Crippen LogP contribution in [0.2, 0.25) is 0 Å². The van der Waals surface area contributed by atoms with Crippen LogP contribution in [0.4, 0.5) is 0 Å². The molecule has 0 saturated heterocycles. The molecule has 4 nitrogen and oxygen atoms in total. The lowest BCUT2D eigenvalue weighted by atomic mass is 10.0. The van der Waals surface area contributed by atoms with E-state index in [1.165, 1.54) is 5.56 Å². The molecule has 0 saturated carbocycles. The molecule has 2 aromatic rings. The zero-order valence-electron chi connectivity index (χ0n) is 12.8. The van der Waals surface area contributed by atoms with Gasteiger partial charge in [0.15, 0.2) is 0 Å². The fourth-order valence-corrected chi connectivity index (χ4v) is 2.46. The summed E-state index contributed by atoms with van der Waals surface area (Å²) in [6, 6.07) is 8.96. The van der Waals surface area contributed by atoms with Crippen molar-refractivity contribution in [1.29, 1.82) is 0 Å². The molecule has 1 unspecified atom stereocenters. The zero-order chi connectivity index (χ0) is 14.5. The number of benzene rings is 1. The van der Waals surface area contributed by atoms with Gasteiger partial charge in [0.2, 0.25) is 0 Å². The maximum atomic E-state index is 4.45. The largest absolute Gasteiger partial charge is 0.310 e. The Morgan fingerprint density at radius 1 is 1.25 bits per heavy atom. The minimum Gasteiger partial charge on any atom is -0.310 e. The molecule has 1 aromatic carbocycles. The molecule has 0 fully saturated rings. The molecule has 1 N–H and O–H groups in total. The van der Waals surface area contributed by atoms with Gasteiger partial charge >= 0.3 is 0 Å². The molecule has 0 radical (unpaired) electrons. The van der Waals surface area contributed by atoms with Crippen LogP contribution in [0.3, 0.4) is 0 Å². The molecule has 2 rings (SSSR count). The average Bonchev–Trinajstić information content (AvgIpc) is 2.79. The van der Waals surface area contributed by atoms with E-state index in [1.807, 2.05) is 18.5 Å². The number of nitrogens with zero attached hydrogens (tertiary/aromatic N) is 3. The highest BCUT2D eigenvalue weighted by molar-refractivity contribution is 5.37. The Morgan fingerprint density at radius 3 is 2.65 bits per heavy atom. The van der Waals surface area contributed by atoms with Crippen LogP contribution >= 0.6 is 0 Å². The zero-order valence-corrected chi connectivity index (χ0v) is 12.8. The van der Waals surface area contributed by atoms with Gasteiger partial charge in [-0.1, -0.05) is 26.0 Å². The topological polar surface area (TPSA) is 42.7 Å². The van der Waals surface area contributed by atoms with E-state index < -0.39 is 0 Å². The summed E-state index contributed by atoms with van der Waals surface area (Å²) in [5.74, 6) is 1.73. The number of hydrogen-bond donors (Lipinski definition) is 1. The normalized spacial score (nSPS) is 12.6. The Hall–Kier alpha value is -1.68. The van der Waals surface area contributed by atoms with Gasteiger partial charge in [-0.3, -0.25) is 0 Å². The first-order valence-electron chi connectivity index (χ1n) is 7.39. The van der Waals surface area contributed by atoms with E-state index in [4.69, 9.17) is 0 Å². The SMILES string of the molecule is CCCNC(CC)c1cccc(-n2nc(C)nc2C)c1. The van der Waals surface area contributed by atoms with Gasteiger partial charge < -0.3 is 5.32 Å². The van der Waals surface area contributed by atoms with Crippen LogP contribution in [0, 0.1) is 13.8 Å². The lowest BCUT2D eigenvalue weighted by molar-refractivity contribution is 0.518. The third kappa shape index (κ3) is 3.25. The van der Waals surface area contributed by atoms with E-state index in [9.17, 15) is 0 Å². The van der Waals surface area contributed by atoms with E-state index in [-0.39, 0.29) is 0 Å². The molecule has 1 heterocycles. The van der Waals surface area contributed by atoms with E-state index in [1.54, 1.807) is 0 Å². The number of aromatic nitrogens is 3. The van der Waals surface area contributed by atoms with E-state index >= 15 is 0 Å². The number of aryl methyl sites for hydroxylation is 2. The molecule has 1 atom stereocenters. The van der Waals surface area contributed by atoms with Crippen LogP contribution in [0.25, 0.3) is 5.69 Å².